The molecule has 1 atom stereocenters. The third-order valence-electron chi connectivity index (χ3n) is 6.66. The van der Waals surface area contributed by atoms with Crippen molar-refractivity contribution < 1.29 is 19.0 Å². The molecule has 2 aromatic rings. The van der Waals surface area contributed by atoms with E-state index in [1.807, 2.05) is 32.9 Å². The molecule has 3 aliphatic heterocycles. The zero-order valence-corrected chi connectivity index (χ0v) is 20.2. The topological polar surface area (TPSA) is 60.9 Å². The van der Waals surface area contributed by atoms with Crippen LogP contribution in [0.25, 0.3) is 16.6 Å². The Morgan fingerprint density at radius 2 is 2.06 bits per heavy atom. The van der Waals surface area contributed by atoms with Crippen molar-refractivity contribution in [3.05, 3.63) is 52.2 Å². The Bertz CT molecular complexity index is 1190. The normalized spacial score (nSPS) is 19.7. The van der Waals surface area contributed by atoms with Gasteiger partial charge in [0.25, 0.3) is 0 Å². The van der Waals surface area contributed by atoms with Crippen LogP contribution in [-0.2, 0) is 22.4 Å². The van der Waals surface area contributed by atoms with Crippen LogP contribution in [0.1, 0.15) is 57.9 Å². The van der Waals surface area contributed by atoms with Crippen molar-refractivity contribution in [1.29, 1.82) is 0 Å². The van der Waals surface area contributed by atoms with Crippen LogP contribution in [0, 0.1) is 5.92 Å². The molecule has 0 saturated carbocycles. The van der Waals surface area contributed by atoms with Crippen LogP contribution in [0.15, 0.2) is 35.4 Å². The second kappa shape index (κ2) is 8.17. The minimum absolute atomic E-state index is 0.464. The van der Waals surface area contributed by atoms with Gasteiger partial charge in [0.05, 0.1) is 30.1 Å². The van der Waals surface area contributed by atoms with Crippen molar-refractivity contribution in [2.45, 2.75) is 59.6 Å². The summed E-state index contributed by atoms with van der Waals surface area (Å²) in [5, 5.41) is 1.03. The van der Waals surface area contributed by atoms with Crippen molar-refractivity contribution >= 4 is 22.8 Å². The summed E-state index contributed by atoms with van der Waals surface area (Å²) < 4.78 is 16.6. The summed E-state index contributed by atoms with van der Waals surface area (Å²) >= 11 is 0. The summed E-state index contributed by atoms with van der Waals surface area (Å²) in [4.78, 5) is 19.7. The summed E-state index contributed by atoms with van der Waals surface area (Å²) in [6, 6.07) is 5.65. The maximum absolute atomic E-state index is 12.2. The number of hydrogen-bond donors (Lipinski definition) is 0. The number of fused-ring (bicyclic) bond motifs is 4. The predicted octanol–water partition coefficient (Wildman–Crippen LogP) is 5.63. The van der Waals surface area contributed by atoms with Crippen molar-refractivity contribution in [2.24, 2.45) is 5.92 Å². The first-order valence-corrected chi connectivity index (χ1v) is 11.9. The van der Waals surface area contributed by atoms with Gasteiger partial charge in [0.2, 0.25) is 0 Å². The molecule has 0 radical (unpaired) electrons. The zero-order valence-electron chi connectivity index (χ0n) is 20.2. The molecule has 0 spiro atoms. The lowest BCUT2D eigenvalue weighted by atomic mass is 9.87. The zero-order chi connectivity index (χ0) is 23.3. The first kappa shape index (κ1) is 22.0. The van der Waals surface area contributed by atoms with E-state index < -0.39 is 11.8 Å². The van der Waals surface area contributed by atoms with Crippen LogP contribution in [-0.4, -0.2) is 41.4 Å². The minimum atomic E-state index is -0.694. The van der Waals surface area contributed by atoms with Gasteiger partial charge in [0.15, 0.2) is 0 Å². The summed E-state index contributed by atoms with van der Waals surface area (Å²) in [5.74, 6) is 0.939. The molecule has 0 aliphatic carbocycles. The van der Waals surface area contributed by atoms with Gasteiger partial charge in [-0.1, -0.05) is 13.8 Å². The first-order valence-electron chi connectivity index (χ1n) is 11.9. The second-order valence-corrected chi connectivity index (χ2v) is 10.1. The number of carbonyl (C=O) groups excluding carboxylic acids is 1. The van der Waals surface area contributed by atoms with Gasteiger partial charge in [-0.3, -0.25) is 0 Å². The van der Waals surface area contributed by atoms with Gasteiger partial charge >= 0.3 is 6.16 Å². The number of pyridine rings is 1. The number of ether oxygens (including phenoxy) is 3. The van der Waals surface area contributed by atoms with E-state index >= 15 is 0 Å². The highest BCUT2D eigenvalue weighted by molar-refractivity contribution is 5.89. The fraction of sp³-hybridized carbons (Fsp3) is 0.481. The molecule has 0 saturated heterocycles. The number of hydrogen-bond acceptors (Lipinski definition) is 6. The lowest BCUT2D eigenvalue weighted by Crippen LogP contribution is -2.31. The Morgan fingerprint density at radius 1 is 1.24 bits per heavy atom. The lowest BCUT2D eigenvalue weighted by Gasteiger charge is -2.34. The average molecular weight is 449 g/mol. The van der Waals surface area contributed by atoms with E-state index in [4.69, 9.17) is 19.2 Å². The summed E-state index contributed by atoms with van der Waals surface area (Å²) in [6.45, 7) is 13.1. The molecular weight excluding hydrogens is 416 g/mol. The molecular formula is C27H32N2O4. The number of aromatic nitrogens is 1. The molecule has 0 N–H and O–H groups in total. The van der Waals surface area contributed by atoms with Crippen molar-refractivity contribution in [3.8, 4) is 5.75 Å². The molecule has 1 aromatic heterocycles. The summed E-state index contributed by atoms with van der Waals surface area (Å²) in [5.41, 5.74) is 8.04. The molecule has 3 aliphatic rings. The average Bonchev–Trinajstić information content (AvgIpc) is 3.11. The molecule has 5 rings (SSSR count). The molecule has 4 heterocycles. The van der Waals surface area contributed by atoms with Gasteiger partial charge < -0.3 is 19.1 Å². The number of allylic oxidation sites excluding steroid dienone is 1. The lowest BCUT2D eigenvalue weighted by molar-refractivity contribution is 0.0206. The van der Waals surface area contributed by atoms with Crippen molar-refractivity contribution in [3.63, 3.8) is 0 Å². The number of nitrogens with zero attached hydrogens (tertiary/aromatic N) is 2. The Balaban J connectivity index is 1.53. The van der Waals surface area contributed by atoms with E-state index in [1.165, 1.54) is 28.0 Å². The standard InChI is InChI=1S/C27H32N2O4/c1-6-16-14-31-15-17-12-29-13-22-19(7-2)21-10-18(32-26(30)33-27(3,4)5)8-9-23(21)28-25(22)24(29)11-20(16)17/h8-11,16H,6-7,12-15H2,1-5H3/t16-/m1/s1. The van der Waals surface area contributed by atoms with E-state index in [1.54, 1.807) is 6.07 Å². The Labute approximate surface area is 195 Å². The molecule has 1 aromatic carbocycles. The van der Waals surface area contributed by atoms with Gasteiger partial charge in [0.1, 0.15) is 11.4 Å². The van der Waals surface area contributed by atoms with Gasteiger partial charge in [-0.25, -0.2) is 9.78 Å². The van der Waals surface area contributed by atoms with E-state index in [0.717, 1.165) is 55.7 Å². The van der Waals surface area contributed by atoms with Crippen LogP contribution in [0.3, 0.4) is 0 Å². The SMILES string of the molecule is CCc1c2c(nc3ccc(OC(=O)OC(C)(C)C)cc13)C1=CC3=C(COC[C@H]3CC)CN1C2. The van der Waals surface area contributed by atoms with Gasteiger partial charge in [-0.15, -0.1) is 0 Å². The summed E-state index contributed by atoms with van der Waals surface area (Å²) in [6.07, 6.45) is 3.63. The van der Waals surface area contributed by atoms with Crippen LogP contribution in [0.5, 0.6) is 5.75 Å². The van der Waals surface area contributed by atoms with E-state index in [0.29, 0.717) is 11.7 Å². The molecule has 6 heteroatoms. The third-order valence-corrected chi connectivity index (χ3v) is 6.66. The summed E-state index contributed by atoms with van der Waals surface area (Å²) in [7, 11) is 0. The van der Waals surface area contributed by atoms with E-state index in [2.05, 4.69) is 24.8 Å². The van der Waals surface area contributed by atoms with Gasteiger partial charge in [-0.2, -0.15) is 0 Å². The quantitative estimate of drug-likeness (QED) is 0.448. The van der Waals surface area contributed by atoms with E-state index in [9.17, 15) is 4.79 Å². The van der Waals surface area contributed by atoms with Gasteiger partial charge in [0, 0.05) is 30.0 Å². The van der Waals surface area contributed by atoms with Crippen LogP contribution >= 0.6 is 0 Å². The largest absolute Gasteiger partial charge is 0.514 e. The smallest absolute Gasteiger partial charge is 0.428 e. The maximum atomic E-state index is 12.2. The Morgan fingerprint density at radius 3 is 2.79 bits per heavy atom. The maximum Gasteiger partial charge on any atom is 0.514 e. The second-order valence-electron chi connectivity index (χ2n) is 10.1. The third kappa shape index (κ3) is 4.01. The Kier molecular flexibility index (Phi) is 5.44. The van der Waals surface area contributed by atoms with E-state index in [-0.39, 0.29) is 0 Å². The molecule has 174 valence electrons. The molecule has 0 amide bonds. The molecule has 33 heavy (non-hydrogen) atoms. The first-order chi connectivity index (χ1) is 15.8. The molecule has 6 nitrogen and oxygen atoms in total. The number of carbonyl (C=O) groups is 1. The van der Waals surface area contributed by atoms with Crippen LogP contribution in [0.4, 0.5) is 4.79 Å². The molecule has 0 fully saturated rings. The highest BCUT2D eigenvalue weighted by Gasteiger charge is 2.35. The van der Waals surface area contributed by atoms with Gasteiger partial charge in [-0.05, 0) is 74.6 Å². The van der Waals surface area contributed by atoms with Crippen molar-refractivity contribution in [1.82, 2.24) is 9.88 Å². The number of rotatable bonds is 3. The number of aryl methyl sites for hydroxylation is 1. The fourth-order valence-corrected chi connectivity index (χ4v) is 5.15. The van der Waals surface area contributed by atoms with Crippen molar-refractivity contribution in [2.75, 3.05) is 19.8 Å². The highest BCUT2D eigenvalue weighted by Crippen LogP contribution is 2.43. The van der Waals surface area contributed by atoms with Crippen LogP contribution in [0.2, 0.25) is 0 Å². The number of benzene rings is 1. The fourth-order valence-electron chi connectivity index (χ4n) is 5.15. The highest BCUT2D eigenvalue weighted by atomic mass is 16.7. The monoisotopic (exact) mass is 448 g/mol. The molecule has 0 unspecified atom stereocenters. The predicted molar refractivity (Wildman–Crippen MR) is 128 cm³/mol. The Hall–Kier alpha value is -2.86. The van der Waals surface area contributed by atoms with Crippen LogP contribution < -0.4 is 4.74 Å². The minimum Gasteiger partial charge on any atom is -0.428 e. The molecule has 0 bridgehead atoms.